The van der Waals surface area contributed by atoms with Crippen LogP contribution in [0.15, 0.2) is 53.5 Å². The molecule has 0 radical (unpaired) electrons. The molecule has 5 heteroatoms. The Balaban J connectivity index is 2.34. The minimum Gasteiger partial charge on any atom is -0.320 e. The van der Waals surface area contributed by atoms with Crippen LogP contribution in [0.3, 0.4) is 0 Å². The van der Waals surface area contributed by atoms with Crippen LogP contribution in [0, 0.1) is 0 Å². The Morgan fingerprint density at radius 2 is 1.90 bits per heavy atom. The fraction of sp³-hybridized carbons (Fsp3) is 0.0625. The number of benzene rings is 2. The zero-order valence-electron chi connectivity index (χ0n) is 11.0. The molecule has 1 aromatic heterocycles. The van der Waals surface area contributed by atoms with E-state index in [0.717, 1.165) is 26.9 Å². The van der Waals surface area contributed by atoms with Crippen LogP contribution in [0.4, 0.5) is 0 Å². The molecule has 106 valence electrons. The average Bonchev–Trinajstić information content (AvgIpc) is 2.79. The van der Waals surface area contributed by atoms with E-state index in [2.05, 4.69) is 27.1 Å². The fourth-order valence-corrected chi connectivity index (χ4v) is 3.06. The van der Waals surface area contributed by atoms with Gasteiger partial charge in [-0.25, -0.2) is 4.98 Å². The third-order valence-electron chi connectivity index (χ3n) is 3.22. The Bertz CT molecular complexity index is 840. The summed E-state index contributed by atoms with van der Waals surface area (Å²) in [5, 5.41) is 1.03. The molecule has 0 saturated heterocycles. The molecule has 2 nitrogen and oxygen atoms in total. The predicted octanol–water partition coefficient (Wildman–Crippen LogP) is 5.96. The van der Waals surface area contributed by atoms with Crippen molar-refractivity contribution in [3.63, 3.8) is 0 Å². The van der Waals surface area contributed by atoms with Crippen molar-refractivity contribution in [2.45, 2.75) is 6.54 Å². The molecule has 0 N–H and O–H groups in total. The molecule has 0 amide bonds. The maximum atomic E-state index is 6.14. The molecule has 21 heavy (non-hydrogen) atoms. The number of hydrogen-bond donors (Lipinski definition) is 0. The van der Waals surface area contributed by atoms with Crippen molar-refractivity contribution in [1.82, 2.24) is 9.55 Å². The van der Waals surface area contributed by atoms with Crippen molar-refractivity contribution in [3.8, 4) is 11.4 Å². The lowest BCUT2D eigenvalue weighted by molar-refractivity contribution is 0.861. The summed E-state index contributed by atoms with van der Waals surface area (Å²) in [5.41, 5.74) is 2.77. The Morgan fingerprint density at radius 1 is 1.19 bits per heavy atom. The molecule has 0 unspecified atom stereocenters. The van der Waals surface area contributed by atoms with Gasteiger partial charge in [0.05, 0.1) is 21.1 Å². The minimum atomic E-state index is 0.506. The van der Waals surface area contributed by atoms with Crippen LogP contribution in [-0.2, 0) is 6.54 Å². The first kappa shape index (κ1) is 14.6. The number of nitrogens with zero attached hydrogens (tertiary/aromatic N) is 2. The summed E-state index contributed by atoms with van der Waals surface area (Å²) >= 11 is 15.8. The summed E-state index contributed by atoms with van der Waals surface area (Å²) in [5.74, 6) is 0.857. The van der Waals surface area contributed by atoms with Gasteiger partial charge in [0.1, 0.15) is 5.82 Å². The molecular formula is C16H11BrCl2N2. The van der Waals surface area contributed by atoms with E-state index in [1.54, 1.807) is 6.07 Å². The van der Waals surface area contributed by atoms with Crippen molar-refractivity contribution in [2.75, 3.05) is 0 Å². The average molecular weight is 382 g/mol. The molecule has 0 aliphatic heterocycles. The van der Waals surface area contributed by atoms with Gasteiger partial charge in [-0.05, 0) is 18.2 Å². The third kappa shape index (κ3) is 2.61. The summed E-state index contributed by atoms with van der Waals surface area (Å²) < 4.78 is 3.06. The summed E-state index contributed by atoms with van der Waals surface area (Å²) in [6, 6.07) is 11.6. The number of hydrogen-bond acceptors (Lipinski definition) is 1. The molecule has 0 fully saturated rings. The first-order chi connectivity index (χ1) is 10.1. The summed E-state index contributed by atoms with van der Waals surface area (Å²) in [6.45, 7) is 4.46. The highest BCUT2D eigenvalue weighted by Crippen LogP contribution is 2.33. The van der Waals surface area contributed by atoms with Crippen LogP contribution in [0.2, 0.25) is 10.0 Å². The van der Waals surface area contributed by atoms with Gasteiger partial charge in [-0.3, -0.25) is 0 Å². The van der Waals surface area contributed by atoms with E-state index < -0.39 is 0 Å². The first-order valence-corrected chi connectivity index (χ1v) is 7.88. The van der Waals surface area contributed by atoms with Crippen molar-refractivity contribution in [1.29, 1.82) is 0 Å². The third-order valence-corrected chi connectivity index (χ3v) is 4.63. The predicted molar refractivity (Wildman–Crippen MR) is 93.1 cm³/mol. The van der Waals surface area contributed by atoms with Gasteiger partial charge in [0.2, 0.25) is 0 Å². The van der Waals surface area contributed by atoms with E-state index in [4.69, 9.17) is 28.2 Å². The second kappa shape index (κ2) is 5.84. The van der Waals surface area contributed by atoms with Gasteiger partial charge < -0.3 is 4.57 Å². The molecule has 3 rings (SSSR count). The zero-order chi connectivity index (χ0) is 15.0. The lowest BCUT2D eigenvalue weighted by atomic mass is 10.2. The van der Waals surface area contributed by atoms with Crippen LogP contribution in [0.5, 0.6) is 0 Å². The number of fused-ring (bicyclic) bond motifs is 1. The van der Waals surface area contributed by atoms with Crippen LogP contribution in [0.1, 0.15) is 0 Å². The van der Waals surface area contributed by atoms with Gasteiger partial charge in [0.15, 0.2) is 0 Å². The van der Waals surface area contributed by atoms with Crippen LogP contribution < -0.4 is 0 Å². The lowest BCUT2D eigenvalue weighted by Crippen LogP contribution is -1.98. The van der Waals surface area contributed by atoms with E-state index in [9.17, 15) is 0 Å². The molecule has 0 aliphatic carbocycles. The maximum Gasteiger partial charge on any atom is 0.142 e. The Morgan fingerprint density at radius 3 is 2.62 bits per heavy atom. The molecule has 0 bridgehead atoms. The smallest absolute Gasteiger partial charge is 0.142 e. The molecule has 3 aromatic rings. The molecule has 0 saturated carbocycles. The monoisotopic (exact) mass is 380 g/mol. The molecule has 0 atom stereocenters. The summed E-state index contributed by atoms with van der Waals surface area (Å²) in [7, 11) is 0. The minimum absolute atomic E-state index is 0.506. The highest BCUT2D eigenvalue weighted by Gasteiger charge is 2.15. The number of halogens is 3. The lowest BCUT2D eigenvalue weighted by Gasteiger charge is -2.08. The standard InChI is InChI=1S/C16H11BrCl2N2/c1-2-7-21-15-9-13(19)12(18)8-14(15)20-16(21)10-5-3-4-6-11(10)17/h2-6,8-9H,1,7H2. The van der Waals surface area contributed by atoms with Gasteiger partial charge in [-0.2, -0.15) is 0 Å². The molecular weight excluding hydrogens is 371 g/mol. The van der Waals surface area contributed by atoms with Crippen molar-refractivity contribution in [2.24, 2.45) is 0 Å². The topological polar surface area (TPSA) is 17.8 Å². The number of aromatic nitrogens is 2. The summed E-state index contributed by atoms with van der Waals surface area (Å²) in [6.07, 6.45) is 1.84. The zero-order valence-corrected chi connectivity index (χ0v) is 14.1. The van der Waals surface area contributed by atoms with Crippen LogP contribution >= 0.6 is 39.1 Å². The second-order valence-electron chi connectivity index (χ2n) is 4.57. The highest BCUT2D eigenvalue weighted by molar-refractivity contribution is 9.10. The molecule has 1 heterocycles. The van der Waals surface area contributed by atoms with Crippen molar-refractivity contribution >= 4 is 50.2 Å². The highest BCUT2D eigenvalue weighted by atomic mass is 79.9. The Labute approximate surface area is 141 Å². The van der Waals surface area contributed by atoms with E-state index in [-0.39, 0.29) is 0 Å². The number of rotatable bonds is 3. The number of imidazole rings is 1. The van der Waals surface area contributed by atoms with E-state index >= 15 is 0 Å². The second-order valence-corrected chi connectivity index (χ2v) is 6.24. The van der Waals surface area contributed by atoms with Gasteiger partial charge in [0, 0.05) is 16.6 Å². The van der Waals surface area contributed by atoms with E-state index in [1.807, 2.05) is 36.4 Å². The largest absolute Gasteiger partial charge is 0.320 e. The fourth-order valence-electron chi connectivity index (χ4n) is 2.28. The Hall–Kier alpha value is -1.29. The quantitative estimate of drug-likeness (QED) is 0.512. The first-order valence-electron chi connectivity index (χ1n) is 6.33. The molecule has 0 spiro atoms. The van der Waals surface area contributed by atoms with Crippen molar-refractivity contribution < 1.29 is 0 Å². The normalized spacial score (nSPS) is 11.0. The molecule has 2 aromatic carbocycles. The van der Waals surface area contributed by atoms with Crippen LogP contribution in [0.25, 0.3) is 22.4 Å². The SMILES string of the molecule is C=CCn1c(-c2ccccc2Br)nc2cc(Cl)c(Cl)cc21. The van der Waals surface area contributed by atoms with Gasteiger partial charge >= 0.3 is 0 Å². The van der Waals surface area contributed by atoms with Gasteiger partial charge in [-0.15, -0.1) is 6.58 Å². The number of allylic oxidation sites excluding steroid dienone is 1. The maximum absolute atomic E-state index is 6.14. The Kier molecular flexibility index (Phi) is 4.07. The van der Waals surface area contributed by atoms with E-state index in [1.165, 1.54) is 0 Å². The van der Waals surface area contributed by atoms with Gasteiger partial charge in [0.25, 0.3) is 0 Å². The van der Waals surface area contributed by atoms with E-state index in [0.29, 0.717) is 16.6 Å². The van der Waals surface area contributed by atoms with Crippen LogP contribution in [-0.4, -0.2) is 9.55 Å². The molecule has 0 aliphatic rings. The summed E-state index contributed by atoms with van der Waals surface area (Å²) in [4.78, 5) is 4.71. The van der Waals surface area contributed by atoms with Gasteiger partial charge in [-0.1, -0.05) is 63.4 Å². The van der Waals surface area contributed by atoms with Crippen molar-refractivity contribution in [3.05, 3.63) is 63.6 Å².